The molecule has 0 aliphatic rings. The highest BCUT2D eigenvalue weighted by atomic mass is 35.5. The van der Waals surface area contributed by atoms with Crippen LogP contribution in [0.2, 0.25) is 5.02 Å². The highest BCUT2D eigenvalue weighted by molar-refractivity contribution is 7.90. The van der Waals surface area contributed by atoms with Gasteiger partial charge in [-0.2, -0.15) is 0 Å². The topological polar surface area (TPSA) is 106 Å². The van der Waals surface area contributed by atoms with Gasteiger partial charge in [0.25, 0.3) is 5.91 Å². The summed E-state index contributed by atoms with van der Waals surface area (Å²) in [5, 5.41) is 0.185. The van der Waals surface area contributed by atoms with Crippen LogP contribution < -0.4 is 10.5 Å². The van der Waals surface area contributed by atoms with Crippen LogP contribution >= 0.6 is 11.6 Å². The van der Waals surface area contributed by atoms with Gasteiger partial charge in [-0.3, -0.25) is 9.59 Å². The number of hydrogen-bond donors (Lipinski definition) is 2. The van der Waals surface area contributed by atoms with E-state index in [1.54, 1.807) is 36.4 Å². The summed E-state index contributed by atoms with van der Waals surface area (Å²) in [6.07, 6.45) is 0.807. The van der Waals surface area contributed by atoms with Crippen LogP contribution in [0.4, 0.5) is 0 Å². The highest BCUT2D eigenvalue weighted by Gasteiger charge is 2.17. The minimum Gasteiger partial charge on any atom is -0.366 e. The van der Waals surface area contributed by atoms with Crippen molar-refractivity contribution in [3.8, 4) is 0 Å². The maximum Gasteiger partial charge on any atom is 0.266 e. The molecule has 0 heterocycles. The Morgan fingerprint density at radius 1 is 1.04 bits per heavy atom. The van der Waals surface area contributed by atoms with Crippen LogP contribution in [-0.4, -0.2) is 26.0 Å². The number of primary amides is 1. The molecular formula is C17H17ClN2O4S. The lowest BCUT2D eigenvalue weighted by atomic mass is 10.1. The number of benzene rings is 2. The second-order valence-electron chi connectivity index (χ2n) is 5.39. The predicted molar refractivity (Wildman–Crippen MR) is 96.0 cm³/mol. The van der Waals surface area contributed by atoms with E-state index in [-0.39, 0.29) is 16.3 Å². The lowest BCUT2D eigenvalue weighted by molar-refractivity contribution is 0.0978. The second-order valence-corrected chi connectivity index (χ2v) is 7.64. The van der Waals surface area contributed by atoms with Crippen molar-refractivity contribution < 1.29 is 18.0 Å². The average molecular weight is 381 g/mol. The van der Waals surface area contributed by atoms with Crippen molar-refractivity contribution in [3.05, 3.63) is 70.2 Å². The van der Waals surface area contributed by atoms with Gasteiger partial charge in [-0.15, -0.1) is 0 Å². The number of nitrogens with two attached hydrogens (primary N) is 1. The van der Waals surface area contributed by atoms with Crippen molar-refractivity contribution in [1.29, 1.82) is 0 Å². The molecule has 0 spiro atoms. The molecule has 0 unspecified atom stereocenters. The largest absolute Gasteiger partial charge is 0.366 e. The Bertz CT molecular complexity index is 880. The minimum atomic E-state index is -3.77. The Hall–Kier alpha value is -2.38. The molecule has 0 radical (unpaired) electrons. The summed E-state index contributed by atoms with van der Waals surface area (Å²) in [6, 6.07) is 12.8. The molecule has 0 bridgehead atoms. The number of halogens is 1. The van der Waals surface area contributed by atoms with Crippen LogP contribution in [0.5, 0.6) is 0 Å². The smallest absolute Gasteiger partial charge is 0.266 e. The quantitative estimate of drug-likeness (QED) is 0.767. The molecule has 0 aromatic heterocycles. The Kier molecular flexibility index (Phi) is 6.17. The Labute approximate surface area is 151 Å². The molecule has 2 aromatic carbocycles. The first-order valence-electron chi connectivity index (χ1n) is 7.46. The number of hydrogen-bond acceptors (Lipinski definition) is 4. The Balaban J connectivity index is 1.90. The number of rotatable bonds is 7. The van der Waals surface area contributed by atoms with Gasteiger partial charge in [0.15, 0.2) is 0 Å². The van der Waals surface area contributed by atoms with E-state index in [1.165, 1.54) is 12.1 Å². The third-order valence-electron chi connectivity index (χ3n) is 3.48. The molecule has 6 nitrogen and oxygen atoms in total. The molecule has 0 saturated heterocycles. The van der Waals surface area contributed by atoms with Gasteiger partial charge in [-0.25, -0.2) is 13.1 Å². The van der Waals surface area contributed by atoms with Gasteiger partial charge in [0.1, 0.15) is 0 Å². The van der Waals surface area contributed by atoms with E-state index in [0.29, 0.717) is 18.4 Å². The zero-order chi connectivity index (χ0) is 18.4. The van der Waals surface area contributed by atoms with Crippen LogP contribution in [0.25, 0.3) is 0 Å². The van der Waals surface area contributed by atoms with Crippen LogP contribution in [0, 0.1) is 0 Å². The fourth-order valence-corrected chi connectivity index (χ4v) is 3.44. The van der Waals surface area contributed by atoms with Crippen molar-refractivity contribution in [3.63, 3.8) is 0 Å². The molecule has 2 aromatic rings. The zero-order valence-corrected chi connectivity index (χ0v) is 14.8. The van der Waals surface area contributed by atoms with Crippen molar-refractivity contribution >= 4 is 33.4 Å². The summed E-state index contributed by atoms with van der Waals surface area (Å²) in [7, 11) is -3.77. The maximum atomic E-state index is 12.0. The number of sulfonamides is 1. The molecule has 25 heavy (non-hydrogen) atoms. The first-order chi connectivity index (χ1) is 11.8. The molecule has 8 heteroatoms. The van der Waals surface area contributed by atoms with Gasteiger partial charge in [0, 0.05) is 5.56 Å². The summed E-state index contributed by atoms with van der Waals surface area (Å²) in [5.74, 6) is -1.48. The standard InChI is InChI=1S/C17H17ClN2O4S/c18-15-6-2-1-5-14(15)17(22)20-25(23,24)11-3-4-12-7-9-13(10-8-12)16(19)21/h1-2,5-10H,3-4,11H2,(H2,19,21)(H,20,22). The summed E-state index contributed by atoms with van der Waals surface area (Å²) >= 11 is 5.88. The Morgan fingerprint density at radius 3 is 2.28 bits per heavy atom. The van der Waals surface area contributed by atoms with E-state index in [2.05, 4.69) is 0 Å². The average Bonchev–Trinajstić information content (AvgIpc) is 2.55. The number of carbonyl (C=O) groups excluding carboxylic acids is 2. The molecule has 0 fully saturated rings. The van der Waals surface area contributed by atoms with Gasteiger partial charge in [-0.1, -0.05) is 35.9 Å². The summed E-state index contributed by atoms with van der Waals surface area (Å²) in [6.45, 7) is 0. The van der Waals surface area contributed by atoms with Crippen LogP contribution in [-0.2, 0) is 16.4 Å². The SMILES string of the molecule is NC(=O)c1ccc(CCCS(=O)(=O)NC(=O)c2ccccc2Cl)cc1. The predicted octanol–water partition coefficient (Wildman–Crippen LogP) is 2.13. The number of aryl methyl sites for hydroxylation is 1. The van der Waals surface area contributed by atoms with Crippen molar-refractivity contribution in [2.45, 2.75) is 12.8 Å². The molecule has 0 saturated carbocycles. The van der Waals surface area contributed by atoms with Gasteiger partial charge >= 0.3 is 0 Å². The van der Waals surface area contributed by atoms with Crippen molar-refractivity contribution in [2.24, 2.45) is 5.73 Å². The third-order valence-corrected chi connectivity index (χ3v) is 5.14. The molecule has 2 amide bonds. The van der Waals surface area contributed by atoms with Crippen LogP contribution in [0.1, 0.15) is 32.7 Å². The molecule has 3 N–H and O–H groups in total. The highest BCUT2D eigenvalue weighted by Crippen LogP contribution is 2.15. The lowest BCUT2D eigenvalue weighted by Crippen LogP contribution is -2.32. The van der Waals surface area contributed by atoms with E-state index < -0.39 is 21.8 Å². The molecule has 0 atom stereocenters. The van der Waals surface area contributed by atoms with E-state index in [1.807, 2.05) is 4.72 Å². The van der Waals surface area contributed by atoms with Gasteiger partial charge < -0.3 is 5.73 Å². The monoisotopic (exact) mass is 380 g/mol. The second kappa shape index (κ2) is 8.13. The number of nitrogens with one attached hydrogen (secondary N) is 1. The molecule has 132 valence electrons. The maximum absolute atomic E-state index is 12.0. The summed E-state index contributed by atoms with van der Waals surface area (Å²) in [5.41, 5.74) is 6.53. The lowest BCUT2D eigenvalue weighted by Gasteiger charge is -2.08. The van der Waals surface area contributed by atoms with E-state index in [4.69, 9.17) is 17.3 Å². The van der Waals surface area contributed by atoms with Crippen LogP contribution in [0.3, 0.4) is 0 Å². The fourth-order valence-electron chi connectivity index (χ4n) is 2.19. The zero-order valence-electron chi connectivity index (χ0n) is 13.2. The first kappa shape index (κ1) is 19.0. The molecule has 0 aliphatic carbocycles. The minimum absolute atomic E-state index is 0.106. The van der Waals surface area contributed by atoms with Crippen molar-refractivity contribution in [1.82, 2.24) is 4.72 Å². The summed E-state index contributed by atoms with van der Waals surface area (Å²) in [4.78, 5) is 23.0. The van der Waals surface area contributed by atoms with E-state index in [0.717, 1.165) is 5.56 Å². The molecule has 0 aliphatic heterocycles. The Morgan fingerprint density at radius 2 is 1.68 bits per heavy atom. The van der Waals surface area contributed by atoms with E-state index >= 15 is 0 Å². The van der Waals surface area contributed by atoms with Gasteiger partial charge in [-0.05, 0) is 42.7 Å². The molecule has 2 rings (SSSR count). The van der Waals surface area contributed by atoms with E-state index in [9.17, 15) is 18.0 Å². The van der Waals surface area contributed by atoms with Gasteiger partial charge in [0.05, 0.1) is 16.3 Å². The third kappa shape index (κ3) is 5.58. The normalized spacial score (nSPS) is 11.1. The fraction of sp³-hybridized carbons (Fsp3) is 0.176. The number of amides is 2. The van der Waals surface area contributed by atoms with Gasteiger partial charge in [0.2, 0.25) is 15.9 Å². The molecular weight excluding hydrogens is 364 g/mol. The van der Waals surface area contributed by atoms with Crippen LogP contribution in [0.15, 0.2) is 48.5 Å². The first-order valence-corrected chi connectivity index (χ1v) is 9.49. The number of carbonyl (C=O) groups is 2. The summed E-state index contributed by atoms with van der Waals surface area (Å²) < 4.78 is 26.1. The van der Waals surface area contributed by atoms with Crippen molar-refractivity contribution in [2.75, 3.05) is 5.75 Å².